The highest BCUT2D eigenvalue weighted by atomic mass is 32.2. The van der Waals surface area contributed by atoms with Crippen molar-refractivity contribution in [1.82, 2.24) is 9.88 Å². The summed E-state index contributed by atoms with van der Waals surface area (Å²) in [5.74, 6) is 0.703. The van der Waals surface area contributed by atoms with Crippen LogP contribution in [0.4, 0.5) is 5.13 Å². The molecule has 4 rings (SSSR count). The summed E-state index contributed by atoms with van der Waals surface area (Å²) in [5.41, 5.74) is 4.19. The topological polar surface area (TPSA) is 54.8 Å². The molecular weight excluding hydrogens is 438 g/mol. The van der Waals surface area contributed by atoms with Crippen LogP contribution in [-0.4, -0.2) is 27.5 Å². The number of aryl methyl sites for hydroxylation is 2. The molecule has 1 aliphatic heterocycles. The average molecular weight is 462 g/mol. The van der Waals surface area contributed by atoms with Crippen LogP contribution >= 0.6 is 23.1 Å². The number of benzene rings is 2. The third kappa shape index (κ3) is 5.36. The fraction of sp³-hybridized carbons (Fsp3) is 0.160. The summed E-state index contributed by atoms with van der Waals surface area (Å²) in [7, 11) is 0. The number of aromatic nitrogens is 1. The van der Waals surface area contributed by atoms with Gasteiger partial charge in [-0.15, -0.1) is 17.9 Å². The molecule has 32 heavy (non-hydrogen) atoms. The first-order valence-electron chi connectivity index (χ1n) is 10.1. The highest BCUT2D eigenvalue weighted by Crippen LogP contribution is 2.34. The van der Waals surface area contributed by atoms with Gasteiger partial charge in [-0.05, 0) is 54.9 Å². The van der Waals surface area contributed by atoms with Crippen molar-refractivity contribution in [3.8, 4) is 5.75 Å². The number of amidine groups is 1. The van der Waals surface area contributed by atoms with E-state index < -0.39 is 0 Å². The zero-order chi connectivity index (χ0) is 22.5. The van der Waals surface area contributed by atoms with Gasteiger partial charge in [0.05, 0.1) is 10.6 Å². The van der Waals surface area contributed by atoms with Gasteiger partial charge in [0.25, 0.3) is 5.91 Å². The number of thioether (sulfide) groups is 1. The lowest BCUT2D eigenvalue weighted by atomic mass is 10.1. The second-order valence-electron chi connectivity index (χ2n) is 7.32. The Balaban J connectivity index is 1.47. The smallest absolute Gasteiger partial charge is 0.267 e. The molecule has 0 atom stereocenters. The first kappa shape index (κ1) is 22.0. The molecule has 2 aromatic carbocycles. The molecule has 162 valence electrons. The molecule has 7 heteroatoms. The van der Waals surface area contributed by atoms with E-state index in [-0.39, 0.29) is 5.91 Å². The van der Waals surface area contributed by atoms with Gasteiger partial charge in [-0.3, -0.25) is 9.69 Å². The molecule has 0 aliphatic carbocycles. The zero-order valence-electron chi connectivity index (χ0n) is 17.9. The predicted octanol–water partition coefficient (Wildman–Crippen LogP) is 6.13. The van der Waals surface area contributed by atoms with Gasteiger partial charge in [-0.25, -0.2) is 4.98 Å². The number of hydrogen-bond donors (Lipinski definition) is 0. The number of nitrogens with zero attached hydrogens (tertiary/aromatic N) is 3. The molecule has 1 saturated heterocycles. The Hall–Kier alpha value is -3.16. The largest absolute Gasteiger partial charge is 0.489 e. The molecule has 3 aromatic rings. The van der Waals surface area contributed by atoms with Crippen LogP contribution in [0.1, 0.15) is 22.4 Å². The number of rotatable bonds is 7. The molecular formula is C25H23N3O2S2. The van der Waals surface area contributed by atoms with Gasteiger partial charge in [0.1, 0.15) is 12.4 Å². The van der Waals surface area contributed by atoms with Crippen molar-refractivity contribution in [1.29, 1.82) is 0 Å². The highest BCUT2D eigenvalue weighted by Gasteiger charge is 2.32. The Morgan fingerprint density at radius 3 is 2.53 bits per heavy atom. The van der Waals surface area contributed by atoms with Gasteiger partial charge in [-0.2, -0.15) is 4.99 Å². The minimum absolute atomic E-state index is 0.0818. The summed E-state index contributed by atoms with van der Waals surface area (Å²) >= 11 is 2.81. The number of carbonyl (C=O) groups excluding carboxylic acids is 1. The van der Waals surface area contributed by atoms with Gasteiger partial charge >= 0.3 is 0 Å². The Labute approximate surface area is 196 Å². The molecule has 1 aliphatic rings. The van der Waals surface area contributed by atoms with E-state index in [9.17, 15) is 4.79 Å². The van der Waals surface area contributed by atoms with Crippen LogP contribution in [0.25, 0.3) is 6.08 Å². The molecule has 0 unspecified atom stereocenters. The van der Waals surface area contributed by atoms with Crippen molar-refractivity contribution in [2.75, 3.05) is 6.54 Å². The second kappa shape index (κ2) is 9.97. The van der Waals surface area contributed by atoms with E-state index in [1.54, 1.807) is 11.0 Å². The molecule has 0 spiro atoms. The summed E-state index contributed by atoms with van der Waals surface area (Å²) in [6.07, 6.45) is 3.58. The van der Waals surface area contributed by atoms with Gasteiger partial charge in [0, 0.05) is 11.9 Å². The van der Waals surface area contributed by atoms with Gasteiger partial charge in [0.2, 0.25) is 5.13 Å². The Morgan fingerprint density at radius 2 is 1.88 bits per heavy atom. The fourth-order valence-electron chi connectivity index (χ4n) is 3.02. The van der Waals surface area contributed by atoms with Crippen LogP contribution < -0.4 is 4.74 Å². The number of hydrogen-bond acceptors (Lipinski definition) is 6. The van der Waals surface area contributed by atoms with Crippen molar-refractivity contribution in [2.24, 2.45) is 4.99 Å². The lowest BCUT2D eigenvalue weighted by Crippen LogP contribution is -2.29. The minimum Gasteiger partial charge on any atom is -0.489 e. The molecule has 0 radical (unpaired) electrons. The number of ether oxygens (including phenoxy) is 1. The van der Waals surface area contributed by atoms with Crippen LogP contribution in [0.2, 0.25) is 0 Å². The maximum absolute atomic E-state index is 12.9. The van der Waals surface area contributed by atoms with Crippen LogP contribution in [0.5, 0.6) is 5.75 Å². The van der Waals surface area contributed by atoms with E-state index in [0.717, 1.165) is 22.6 Å². The third-order valence-electron chi connectivity index (χ3n) is 4.70. The standard InChI is InChI=1S/C25H23N3O2S2/c1-4-13-28-23(29)22(32-25(28)27-24-26-18(3)16-31-24)14-19-9-11-21(12-10-19)30-15-20-7-5-17(2)6-8-20/h4-12,14,16H,1,13,15H2,2-3H3/b22-14-,27-25+. The fourth-order valence-corrected chi connectivity index (χ4v) is 4.73. The van der Waals surface area contributed by atoms with Crippen molar-refractivity contribution in [3.05, 3.63) is 93.9 Å². The SMILES string of the molecule is C=CCN1C(=O)/C(=C/c2ccc(OCc3ccc(C)cc3)cc2)S/C1=N/c1nc(C)cs1. The number of thiazole rings is 1. The molecule has 1 amide bonds. The monoisotopic (exact) mass is 461 g/mol. The Bertz CT molecular complexity index is 1180. The van der Waals surface area contributed by atoms with E-state index in [2.05, 4.69) is 47.7 Å². The quantitative estimate of drug-likeness (QED) is 0.314. The van der Waals surface area contributed by atoms with E-state index in [1.165, 1.54) is 28.7 Å². The lowest BCUT2D eigenvalue weighted by molar-refractivity contribution is -0.121. The number of amides is 1. The number of carbonyl (C=O) groups is 1. The summed E-state index contributed by atoms with van der Waals surface area (Å²) in [4.78, 5) is 24.1. The van der Waals surface area contributed by atoms with Gasteiger partial charge in [-0.1, -0.05) is 48.0 Å². The van der Waals surface area contributed by atoms with E-state index in [0.29, 0.717) is 28.4 Å². The van der Waals surface area contributed by atoms with E-state index in [4.69, 9.17) is 4.74 Å². The van der Waals surface area contributed by atoms with Crippen LogP contribution in [0, 0.1) is 13.8 Å². The average Bonchev–Trinajstić information content (AvgIpc) is 3.32. The van der Waals surface area contributed by atoms with Crippen molar-refractivity contribution in [2.45, 2.75) is 20.5 Å². The summed E-state index contributed by atoms with van der Waals surface area (Å²) < 4.78 is 5.88. The summed E-state index contributed by atoms with van der Waals surface area (Å²) in [6.45, 7) is 8.67. The van der Waals surface area contributed by atoms with E-state index in [1.807, 2.05) is 42.6 Å². The normalized spacial score (nSPS) is 16.2. The van der Waals surface area contributed by atoms with Crippen LogP contribution in [-0.2, 0) is 11.4 Å². The molecule has 0 N–H and O–H groups in total. The minimum atomic E-state index is -0.0818. The zero-order valence-corrected chi connectivity index (χ0v) is 19.6. The second-order valence-corrected chi connectivity index (χ2v) is 9.17. The summed E-state index contributed by atoms with van der Waals surface area (Å²) in [5, 5.41) is 3.20. The predicted molar refractivity (Wildman–Crippen MR) is 133 cm³/mol. The lowest BCUT2D eigenvalue weighted by Gasteiger charge is -2.11. The first-order chi connectivity index (χ1) is 15.5. The molecule has 1 aromatic heterocycles. The maximum atomic E-state index is 12.9. The van der Waals surface area contributed by atoms with Crippen molar-refractivity contribution < 1.29 is 9.53 Å². The molecule has 2 heterocycles. The number of aliphatic imine (C=N–C) groups is 1. The first-order valence-corrected chi connectivity index (χ1v) is 11.8. The Kier molecular flexibility index (Phi) is 6.87. The van der Waals surface area contributed by atoms with Gasteiger partial charge in [0.15, 0.2) is 5.17 Å². The van der Waals surface area contributed by atoms with Crippen molar-refractivity contribution >= 4 is 45.4 Å². The molecule has 0 saturated carbocycles. The Morgan fingerprint density at radius 1 is 1.12 bits per heavy atom. The highest BCUT2D eigenvalue weighted by molar-refractivity contribution is 8.18. The molecule has 1 fully saturated rings. The van der Waals surface area contributed by atoms with Crippen molar-refractivity contribution in [3.63, 3.8) is 0 Å². The molecule has 0 bridgehead atoms. The van der Waals surface area contributed by atoms with Crippen LogP contribution in [0.15, 0.2) is 76.5 Å². The molecule has 5 nitrogen and oxygen atoms in total. The van der Waals surface area contributed by atoms with E-state index >= 15 is 0 Å². The van der Waals surface area contributed by atoms with Crippen LogP contribution in [0.3, 0.4) is 0 Å². The third-order valence-corrected chi connectivity index (χ3v) is 6.56. The van der Waals surface area contributed by atoms with Gasteiger partial charge < -0.3 is 4.74 Å². The maximum Gasteiger partial charge on any atom is 0.267 e. The summed E-state index contributed by atoms with van der Waals surface area (Å²) in [6, 6.07) is 16.0.